The molecule has 1 amide bonds. The van der Waals surface area contributed by atoms with Gasteiger partial charge in [0, 0.05) is 19.2 Å². The van der Waals surface area contributed by atoms with Crippen LogP contribution in [0.4, 0.5) is 19.4 Å². The first-order valence-corrected chi connectivity index (χ1v) is 9.77. The standard InChI is InChI=1S/C22H24F2N4O3/c1-21(2,3)31-20(29)28-9-7-18(22(23,24)13-28)30-17-5-4-14(10-16(17)12-25)15-6-8-27-19(26)11-15/h4-6,8,10-11,18H,7,9,13H2,1-3H3,(H2,26,27)/t18-/m0/s1. The van der Waals surface area contributed by atoms with Gasteiger partial charge in [0.15, 0.2) is 6.10 Å². The fourth-order valence-electron chi connectivity index (χ4n) is 3.23. The van der Waals surface area contributed by atoms with E-state index in [1.54, 1.807) is 51.2 Å². The maximum absolute atomic E-state index is 14.7. The second-order valence-corrected chi connectivity index (χ2v) is 8.35. The molecule has 0 radical (unpaired) electrons. The van der Waals surface area contributed by atoms with E-state index in [9.17, 15) is 18.8 Å². The van der Waals surface area contributed by atoms with Crippen molar-refractivity contribution in [2.45, 2.75) is 44.8 Å². The molecule has 1 aliphatic heterocycles. The predicted octanol–water partition coefficient (Wildman–Crippen LogP) is 4.23. The molecule has 1 fully saturated rings. The van der Waals surface area contributed by atoms with Crippen LogP contribution in [0.5, 0.6) is 5.75 Å². The van der Waals surface area contributed by atoms with Crippen molar-refractivity contribution < 1.29 is 23.0 Å². The Bertz CT molecular complexity index is 1010. The minimum atomic E-state index is -3.31. The smallest absolute Gasteiger partial charge is 0.410 e. The highest BCUT2D eigenvalue weighted by Gasteiger charge is 2.48. The Hall–Kier alpha value is -3.41. The van der Waals surface area contributed by atoms with E-state index in [4.69, 9.17) is 15.2 Å². The van der Waals surface area contributed by atoms with Crippen molar-refractivity contribution in [1.29, 1.82) is 5.26 Å². The van der Waals surface area contributed by atoms with Crippen molar-refractivity contribution in [2.24, 2.45) is 0 Å². The van der Waals surface area contributed by atoms with Gasteiger partial charge in [-0.15, -0.1) is 0 Å². The number of nitrogen functional groups attached to an aromatic ring is 1. The molecule has 1 aromatic heterocycles. The Morgan fingerprint density at radius 3 is 2.61 bits per heavy atom. The van der Waals surface area contributed by atoms with Gasteiger partial charge in [-0.05, 0) is 56.2 Å². The maximum Gasteiger partial charge on any atom is 0.410 e. The number of hydrogen-bond acceptors (Lipinski definition) is 6. The molecule has 31 heavy (non-hydrogen) atoms. The zero-order valence-electron chi connectivity index (χ0n) is 17.6. The number of anilines is 1. The number of carbonyl (C=O) groups excluding carboxylic acids is 1. The van der Waals surface area contributed by atoms with Gasteiger partial charge in [0.1, 0.15) is 23.2 Å². The van der Waals surface area contributed by atoms with Crippen molar-refractivity contribution in [3.05, 3.63) is 42.1 Å². The van der Waals surface area contributed by atoms with Crippen molar-refractivity contribution in [2.75, 3.05) is 18.8 Å². The molecule has 0 spiro atoms. The van der Waals surface area contributed by atoms with Gasteiger partial charge in [0.2, 0.25) is 0 Å². The topological polar surface area (TPSA) is 101 Å². The largest absolute Gasteiger partial charge is 0.483 e. The number of nitrogens with zero attached hydrogens (tertiary/aromatic N) is 3. The molecule has 1 atom stereocenters. The van der Waals surface area contributed by atoms with Crippen LogP contribution in [0.15, 0.2) is 36.5 Å². The van der Waals surface area contributed by atoms with Crippen LogP contribution in [-0.4, -0.2) is 46.7 Å². The van der Waals surface area contributed by atoms with E-state index in [1.807, 2.05) is 6.07 Å². The Balaban J connectivity index is 1.75. The maximum atomic E-state index is 14.7. The molecule has 164 valence electrons. The third-order valence-corrected chi connectivity index (χ3v) is 4.67. The van der Waals surface area contributed by atoms with Gasteiger partial charge in [-0.3, -0.25) is 0 Å². The SMILES string of the molecule is CC(C)(C)OC(=O)N1CC[C@H](Oc2ccc(-c3ccnc(N)c3)cc2C#N)C(F)(F)C1. The number of ether oxygens (including phenoxy) is 2. The minimum absolute atomic E-state index is 0.0590. The summed E-state index contributed by atoms with van der Waals surface area (Å²) in [6.07, 6.45) is -0.815. The Kier molecular flexibility index (Phi) is 6.02. The fraction of sp³-hybridized carbons (Fsp3) is 0.409. The summed E-state index contributed by atoms with van der Waals surface area (Å²) >= 11 is 0. The molecule has 0 unspecified atom stereocenters. The lowest BCUT2D eigenvalue weighted by Crippen LogP contribution is -2.56. The Labute approximate surface area is 179 Å². The highest BCUT2D eigenvalue weighted by Crippen LogP contribution is 2.34. The molecular formula is C22H24F2N4O3. The van der Waals surface area contributed by atoms with Crippen LogP contribution in [0.2, 0.25) is 0 Å². The second-order valence-electron chi connectivity index (χ2n) is 8.35. The number of piperidine rings is 1. The van der Waals surface area contributed by atoms with Gasteiger partial charge in [-0.1, -0.05) is 6.07 Å². The number of pyridine rings is 1. The van der Waals surface area contributed by atoms with Crippen LogP contribution < -0.4 is 10.5 Å². The first kappa shape index (κ1) is 22.3. The van der Waals surface area contributed by atoms with E-state index in [2.05, 4.69) is 4.98 Å². The first-order valence-electron chi connectivity index (χ1n) is 9.77. The molecule has 2 N–H and O–H groups in total. The number of aromatic nitrogens is 1. The molecule has 1 aliphatic rings. The van der Waals surface area contributed by atoms with E-state index in [1.165, 1.54) is 6.07 Å². The third kappa shape index (κ3) is 5.40. The summed E-state index contributed by atoms with van der Waals surface area (Å²) < 4.78 is 40.2. The summed E-state index contributed by atoms with van der Waals surface area (Å²) in [5, 5.41) is 9.50. The number of carbonyl (C=O) groups is 1. The van der Waals surface area contributed by atoms with E-state index in [0.717, 1.165) is 10.5 Å². The molecular weight excluding hydrogens is 406 g/mol. The van der Waals surface area contributed by atoms with Crippen molar-refractivity contribution >= 4 is 11.9 Å². The number of halogens is 2. The number of nitrogens with two attached hydrogens (primary N) is 1. The Morgan fingerprint density at radius 1 is 1.29 bits per heavy atom. The molecule has 0 aliphatic carbocycles. The average Bonchev–Trinajstić information content (AvgIpc) is 2.68. The monoisotopic (exact) mass is 430 g/mol. The number of alkyl halides is 2. The first-order chi connectivity index (χ1) is 14.5. The number of hydrogen-bond donors (Lipinski definition) is 1. The van der Waals surface area contributed by atoms with Gasteiger partial charge in [-0.2, -0.15) is 5.26 Å². The lowest BCUT2D eigenvalue weighted by molar-refractivity contribution is -0.137. The van der Waals surface area contributed by atoms with Crippen LogP contribution in [-0.2, 0) is 4.74 Å². The number of rotatable bonds is 3. The third-order valence-electron chi connectivity index (χ3n) is 4.67. The number of likely N-dealkylation sites (tertiary alicyclic amines) is 1. The van der Waals surface area contributed by atoms with E-state index < -0.39 is 30.3 Å². The van der Waals surface area contributed by atoms with Gasteiger partial charge in [-0.25, -0.2) is 18.6 Å². The van der Waals surface area contributed by atoms with Gasteiger partial charge in [0.25, 0.3) is 0 Å². The number of amides is 1. The van der Waals surface area contributed by atoms with Crippen LogP contribution in [0.1, 0.15) is 32.8 Å². The summed E-state index contributed by atoms with van der Waals surface area (Å²) in [4.78, 5) is 17.0. The summed E-state index contributed by atoms with van der Waals surface area (Å²) in [5.41, 5.74) is 6.47. The van der Waals surface area contributed by atoms with E-state index >= 15 is 0 Å². The predicted molar refractivity (Wildman–Crippen MR) is 111 cm³/mol. The van der Waals surface area contributed by atoms with Gasteiger partial charge < -0.3 is 20.1 Å². The number of benzene rings is 1. The summed E-state index contributed by atoms with van der Waals surface area (Å²) in [7, 11) is 0. The lowest BCUT2D eigenvalue weighted by Gasteiger charge is -2.38. The van der Waals surface area contributed by atoms with Crippen LogP contribution >= 0.6 is 0 Å². The van der Waals surface area contributed by atoms with E-state index in [-0.39, 0.29) is 24.3 Å². The fourth-order valence-corrected chi connectivity index (χ4v) is 3.23. The van der Waals surface area contributed by atoms with Crippen LogP contribution in [0.25, 0.3) is 11.1 Å². The van der Waals surface area contributed by atoms with Gasteiger partial charge in [0.05, 0.1) is 12.1 Å². The number of nitriles is 1. The summed E-state index contributed by atoms with van der Waals surface area (Å²) in [6.45, 7) is 4.26. The zero-order chi connectivity index (χ0) is 22.8. The average molecular weight is 430 g/mol. The summed E-state index contributed by atoms with van der Waals surface area (Å²) in [6, 6.07) is 10.1. The molecule has 2 heterocycles. The minimum Gasteiger partial charge on any atom is -0.483 e. The van der Waals surface area contributed by atoms with Gasteiger partial charge >= 0.3 is 12.0 Å². The van der Waals surface area contributed by atoms with Crippen LogP contribution in [0.3, 0.4) is 0 Å². The highest BCUT2D eigenvalue weighted by molar-refractivity contribution is 5.69. The molecule has 7 nitrogen and oxygen atoms in total. The molecule has 0 saturated carbocycles. The molecule has 0 bridgehead atoms. The van der Waals surface area contributed by atoms with Crippen molar-refractivity contribution in [3.8, 4) is 22.9 Å². The lowest BCUT2D eigenvalue weighted by atomic mass is 10.0. The quantitative estimate of drug-likeness (QED) is 0.782. The highest BCUT2D eigenvalue weighted by atomic mass is 19.3. The van der Waals surface area contributed by atoms with E-state index in [0.29, 0.717) is 11.4 Å². The molecule has 3 rings (SSSR count). The molecule has 1 saturated heterocycles. The zero-order valence-corrected chi connectivity index (χ0v) is 17.6. The normalized spacial score (nSPS) is 18.2. The van der Waals surface area contributed by atoms with Crippen LogP contribution in [0, 0.1) is 11.3 Å². The summed E-state index contributed by atoms with van der Waals surface area (Å²) in [5.74, 6) is -2.92. The molecule has 2 aromatic rings. The Morgan fingerprint density at radius 2 is 2.00 bits per heavy atom. The molecule has 1 aromatic carbocycles. The second kappa shape index (κ2) is 8.38. The molecule has 9 heteroatoms. The van der Waals surface area contributed by atoms with Crippen molar-refractivity contribution in [1.82, 2.24) is 9.88 Å². The van der Waals surface area contributed by atoms with Crippen molar-refractivity contribution in [3.63, 3.8) is 0 Å².